The van der Waals surface area contributed by atoms with Gasteiger partial charge in [0.2, 0.25) is 5.43 Å². The van der Waals surface area contributed by atoms with Crippen LogP contribution in [0.3, 0.4) is 0 Å². The molecule has 5 heteroatoms. The Kier molecular flexibility index (Phi) is 5.43. The average molecular weight is 403 g/mol. The lowest BCUT2D eigenvalue weighted by atomic mass is 9.93. The highest BCUT2D eigenvalue weighted by atomic mass is 16.3. The van der Waals surface area contributed by atoms with E-state index in [1.54, 1.807) is 6.07 Å². The molecule has 0 amide bonds. The first-order chi connectivity index (χ1) is 14.4. The molecule has 0 unspecified atom stereocenters. The topological polar surface area (TPSA) is 96.7 Å². The Morgan fingerprint density at radius 3 is 2.40 bits per heavy atom. The quantitative estimate of drug-likeness (QED) is 0.428. The average Bonchev–Trinajstić information content (AvgIpc) is 2.77. The van der Waals surface area contributed by atoms with Crippen LogP contribution in [-0.2, 0) is 6.42 Å². The number of benzene rings is 3. The zero-order valence-electron chi connectivity index (χ0n) is 16.9. The Morgan fingerprint density at radius 1 is 0.900 bits per heavy atom. The van der Waals surface area contributed by atoms with Gasteiger partial charge in [-0.15, -0.1) is 0 Å². The van der Waals surface area contributed by atoms with Crippen molar-refractivity contribution in [2.45, 2.75) is 25.3 Å². The van der Waals surface area contributed by atoms with Crippen LogP contribution < -0.4 is 11.2 Å². The third-order valence-corrected chi connectivity index (χ3v) is 5.63. The van der Waals surface area contributed by atoms with Crippen molar-refractivity contribution in [3.8, 4) is 11.1 Å². The number of aryl methyl sites for hydroxylation is 2. The minimum atomic E-state index is -1.03. The van der Waals surface area contributed by atoms with Crippen LogP contribution in [0.1, 0.15) is 17.5 Å². The Bertz CT molecular complexity index is 1270. The highest BCUT2D eigenvalue weighted by Gasteiger charge is 2.22. The third-order valence-electron chi connectivity index (χ3n) is 5.63. The molecular weight excluding hydrogens is 378 g/mol. The van der Waals surface area contributed by atoms with E-state index in [1.165, 1.54) is 5.56 Å². The summed E-state index contributed by atoms with van der Waals surface area (Å²) in [7, 11) is 0. The van der Waals surface area contributed by atoms with Crippen LogP contribution in [-0.4, -0.2) is 29.0 Å². The van der Waals surface area contributed by atoms with E-state index >= 15 is 0 Å². The van der Waals surface area contributed by atoms with Crippen LogP contribution >= 0.6 is 0 Å². The molecular formula is C25H25NO4. The van der Waals surface area contributed by atoms with Gasteiger partial charge in [0, 0.05) is 0 Å². The number of aliphatic hydroxyl groups is 2. The fourth-order valence-corrected chi connectivity index (χ4v) is 3.66. The van der Waals surface area contributed by atoms with Gasteiger partial charge < -0.3 is 20.4 Å². The molecule has 0 atom stereocenters. The van der Waals surface area contributed by atoms with Gasteiger partial charge in [0.25, 0.3) is 0 Å². The van der Waals surface area contributed by atoms with E-state index in [2.05, 4.69) is 6.07 Å². The first-order valence-corrected chi connectivity index (χ1v) is 10.00. The zero-order valence-corrected chi connectivity index (χ0v) is 16.9. The monoisotopic (exact) mass is 403 g/mol. The summed E-state index contributed by atoms with van der Waals surface area (Å²) in [5.74, 6) is 0. The molecule has 0 radical (unpaired) electrons. The maximum absolute atomic E-state index is 13.1. The Labute approximate surface area is 174 Å². The number of hydrogen-bond acceptors (Lipinski definition) is 5. The molecule has 3 aromatic carbocycles. The van der Waals surface area contributed by atoms with Gasteiger partial charge in [-0.05, 0) is 60.7 Å². The molecule has 154 valence electrons. The highest BCUT2D eigenvalue weighted by molar-refractivity contribution is 5.92. The summed E-state index contributed by atoms with van der Waals surface area (Å²) in [5.41, 5.74) is 10.1. The molecule has 4 N–H and O–H groups in total. The largest absolute Gasteiger partial charge is 0.456 e. The van der Waals surface area contributed by atoms with Crippen LogP contribution in [0.4, 0.5) is 0 Å². The van der Waals surface area contributed by atoms with Gasteiger partial charge in [-0.2, -0.15) is 0 Å². The van der Waals surface area contributed by atoms with Crippen molar-refractivity contribution in [1.29, 1.82) is 0 Å². The molecule has 0 saturated carbocycles. The lowest BCUT2D eigenvalue weighted by Crippen LogP contribution is -2.47. The molecule has 0 aliphatic rings. The van der Waals surface area contributed by atoms with Gasteiger partial charge in [0.15, 0.2) is 0 Å². The van der Waals surface area contributed by atoms with Gasteiger partial charge in [-0.3, -0.25) is 4.79 Å². The van der Waals surface area contributed by atoms with Gasteiger partial charge >= 0.3 is 0 Å². The van der Waals surface area contributed by atoms with Crippen molar-refractivity contribution >= 4 is 21.9 Å². The Morgan fingerprint density at radius 2 is 1.67 bits per heavy atom. The zero-order chi connectivity index (χ0) is 21.3. The van der Waals surface area contributed by atoms with Crippen LogP contribution in [0.2, 0.25) is 0 Å². The fourth-order valence-electron chi connectivity index (χ4n) is 3.66. The van der Waals surface area contributed by atoms with Crippen molar-refractivity contribution < 1.29 is 14.6 Å². The minimum Gasteiger partial charge on any atom is -0.456 e. The van der Waals surface area contributed by atoms with E-state index in [0.717, 1.165) is 16.7 Å². The van der Waals surface area contributed by atoms with Crippen molar-refractivity contribution in [2.24, 2.45) is 5.73 Å². The van der Waals surface area contributed by atoms with Crippen molar-refractivity contribution in [1.82, 2.24) is 0 Å². The smallest absolute Gasteiger partial charge is 0.200 e. The van der Waals surface area contributed by atoms with E-state index < -0.39 is 5.54 Å². The molecule has 30 heavy (non-hydrogen) atoms. The second-order valence-electron chi connectivity index (χ2n) is 8.02. The second kappa shape index (κ2) is 8.03. The van der Waals surface area contributed by atoms with Crippen molar-refractivity contribution in [2.75, 3.05) is 13.2 Å². The molecule has 0 bridgehead atoms. The van der Waals surface area contributed by atoms with Crippen molar-refractivity contribution in [3.63, 3.8) is 0 Å². The predicted molar refractivity (Wildman–Crippen MR) is 120 cm³/mol. The summed E-state index contributed by atoms with van der Waals surface area (Å²) < 4.78 is 6.06. The van der Waals surface area contributed by atoms with E-state index in [9.17, 15) is 15.0 Å². The van der Waals surface area contributed by atoms with Gasteiger partial charge in [-0.25, -0.2) is 0 Å². The molecule has 0 fully saturated rings. The number of fused-ring (bicyclic) bond motifs is 2. The van der Waals surface area contributed by atoms with Crippen LogP contribution in [0, 0.1) is 6.92 Å². The number of rotatable bonds is 6. The van der Waals surface area contributed by atoms with Crippen LogP contribution in [0.25, 0.3) is 33.1 Å². The number of aliphatic hydroxyl groups excluding tert-OH is 2. The summed E-state index contributed by atoms with van der Waals surface area (Å²) in [6.45, 7) is 1.45. The normalized spacial score (nSPS) is 12.0. The molecule has 0 aliphatic carbocycles. The lowest BCUT2D eigenvalue weighted by Gasteiger charge is -2.24. The number of hydrogen-bond donors (Lipinski definition) is 3. The minimum absolute atomic E-state index is 0.0766. The molecule has 5 nitrogen and oxygen atoms in total. The lowest BCUT2D eigenvalue weighted by molar-refractivity contribution is 0.115. The Hall–Kier alpha value is -2.99. The maximum atomic E-state index is 13.1. The summed E-state index contributed by atoms with van der Waals surface area (Å²) in [6.07, 6.45) is 0.946. The molecule has 0 saturated heterocycles. The molecule has 1 aromatic heterocycles. The van der Waals surface area contributed by atoms with Crippen molar-refractivity contribution in [3.05, 3.63) is 82.0 Å². The number of nitrogens with two attached hydrogens (primary N) is 1. The summed E-state index contributed by atoms with van der Waals surface area (Å²) in [5, 5.41) is 19.8. The first kappa shape index (κ1) is 20.3. The molecule has 4 aromatic rings. The molecule has 4 rings (SSSR count). The van der Waals surface area contributed by atoms with E-state index in [-0.39, 0.29) is 18.6 Å². The van der Waals surface area contributed by atoms with Crippen LogP contribution in [0.15, 0.2) is 69.9 Å². The first-order valence-electron chi connectivity index (χ1n) is 10.00. The predicted octanol–water partition coefficient (Wildman–Crippen LogP) is 3.54. The highest BCUT2D eigenvalue weighted by Crippen LogP contribution is 2.27. The van der Waals surface area contributed by atoms with E-state index in [4.69, 9.17) is 10.2 Å². The van der Waals surface area contributed by atoms with Gasteiger partial charge in [-0.1, -0.05) is 42.0 Å². The van der Waals surface area contributed by atoms with E-state index in [1.807, 2.05) is 55.5 Å². The SMILES string of the molecule is Cc1cccc(-c2ccc3c(=O)c4cc(CCC(N)(CO)CO)ccc4oc3c2)c1. The van der Waals surface area contributed by atoms with Crippen LogP contribution in [0.5, 0.6) is 0 Å². The van der Waals surface area contributed by atoms with E-state index in [0.29, 0.717) is 34.8 Å². The van der Waals surface area contributed by atoms with Gasteiger partial charge in [0.05, 0.1) is 29.5 Å². The molecule has 0 spiro atoms. The standard InChI is InChI=1S/C25H25NO4/c1-16-3-2-4-18(11-16)19-6-7-20-23(13-19)30-22-8-5-17(12-21(22)24(20)29)9-10-25(26,14-27)15-28/h2-8,11-13,27-28H,9-10,14-15,26H2,1H3. The summed E-state index contributed by atoms with van der Waals surface area (Å²) in [6, 6.07) is 19.3. The summed E-state index contributed by atoms with van der Waals surface area (Å²) >= 11 is 0. The van der Waals surface area contributed by atoms with Gasteiger partial charge in [0.1, 0.15) is 11.2 Å². The molecule has 1 heterocycles. The Balaban J connectivity index is 1.74. The third kappa shape index (κ3) is 3.87. The maximum Gasteiger partial charge on any atom is 0.200 e. The fraction of sp³-hybridized carbons (Fsp3) is 0.240. The molecule has 0 aliphatic heterocycles. The second-order valence-corrected chi connectivity index (χ2v) is 8.02. The summed E-state index contributed by atoms with van der Waals surface area (Å²) in [4.78, 5) is 13.1.